The summed E-state index contributed by atoms with van der Waals surface area (Å²) in [6.45, 7) is 4.49. The molecule has 9 heteroatoms. The van der Waals surface area contributed by atoms with Crippen LogP contribution in [0.25, 0.3) is 11.1 Å². The highest BCUT2D eigenvalue weighted by molar-refractivity contribution is 5.67. The Morgan fingerprint density at radius 3 is 2.21 bits per heavy atom. The quantitative estimate of drug-likeness (QED) is 0.378. The van der Waals surface area contributed by atoms with Gasteiger partial charge in [-0.15, -0.1) is 0 Å². The minimum absolute atomic E-state index is 0.0474. The number of rotatable bonds is 7. The zero-order valence-electron chi connectivity index (χ0n) is 21.5. The molecule has 38 heavy (non-hydrogen) atoms. The van der Waals surface area contributed by atoms with Gasteiger partial charge in [0.05, 0.1) is 25.8 Å². The largest absolute Gasteiger partial charge is 0.494 e. The van der Waals surface area contributed by atoms with Crippen LogP contribution in [0.2, 0.25) is 0 Å². The van der Waals surface area contributed by atoms with Crippen LogP contribution < -0.4 is 21.7 Å². The highest BCUT2D eigenvalue weighted by atomic mass is 19.1. The molecular weight excluding hydrogens is 495 g/mol. The summed E-state index contributed by atoms with van der Waals surface area (Å²) >= 11 is 0. The van der Waals surface area contributed by atoms with Crippen molar-refractivity contribution in [2.24, 2.45) is 5.73 Å². The van der Waals surface area contributed by atoms with Gasteiger partial charge in [0, 0.05) is 22.9 Å². The molecule has 0 saturated heterocycles. The number of aromatic nitrogens is 2. The van der Waals surface area contributed by atoms with Gasteiger partial charge in [0.15, 0.2) is 11.6 Å². The molecule has 6 nitrogen and oxygen atoms in total. The van der Waals surface area contributed by atoms with Crippen molar-refractivity contribution in [3.8, 4) is 16.9 Å². The second-order valence-electron chi connectivity index (χ2n) is 9.23. The summed E-state index contributed by atoms with van der Waals surface area (Å²) in [4.78, 5) is 27.4. The third-order valence-electron chi connectivity index (χ3n) is 6.72. The fourth-order valence-electron chi connectivity index (χ4n) is 4.70. The summed E-state index contributed by atoms with van der Waals surface area (Å²) < 4.78 is 51.5. The molecule has 3 aromatic carbocycles. The second kappa shape index (κ2) is 10.7. The minimum Gasteiger partial charge on any atom is -0.494 e. The van der Waals surface area contributed by atoms with Gasteiger partial charge in [0.1, 0.15) is 11.6 Å². The number of benzene rings is 3. The molecular formula is C29H28F3N3O3. The predicted octanol–water partition coefficient (Wildman–Crippen LogP) is 4.78. The van der Waals surface area contributed by atoms with Gasteiger partial charge in [-0.05, 0) is 50.1 Å². The van der Waals surface area contributed by atoms with Crippen LogP contribution in [-0.4, -0.2) is 16.2 Å². The number of ether oxygens (including phenoxy) is 1. The number of nitrogens with zero attached hydrogens (tertiary/aromatic N) is 2. The monoisotopic (exact) mass is 523 g/mol. The fraction of sp³-hybridized carbons (Fsp3) is 0.241. The number of methoxy groups -OCH3 is 1. The molecule has 1 aromatic heterocycles. The maximum absolute atomic E-state index is 15.4. The lowest BCUT2D eigenvalue weighted by atomic mass is 9.99. The minimum atomic E-state index is -0.852. The van der Waals surface area contributed by atoms with E-state index in [9.17, 15) is 18.4 Å². The van der Waals surface area contributed by atoms with Crippen LogP contribution in [0, 0.1) is 38.2 Å². The van der Waals surface area contributed by atoms with Gasteiger partial charge in [-0.2, -0.15) is 0 Å². The van der Waals surface area contributed by atoms with Crippen molar-refractivity contribution in [2.45, 2.75) is 39.9 Å². The van der Waals surface area contributed by atoms with E-state index in [1.165, 1.54) is 38.3 Å². The van der Waals surface area contributed by atoms with Crippen molar-refractivity contribution in [3.63, 3.8) is 0 Å². The van der Waals surface area contributed by atoms with E-state index < -0.39 is 41.3 Å². The Hall–Kier alpha value is -4.11. The number of hydrogen-bond acceptors (Lipinski definition) is 4. The molecule has 1 unspecified atom stereocenters. The zero-order valence-corrected chi connectivity index (χ0v) is 21.5. The Bertz CT molecular complexity index is 1620. The number of nitrogens with two attached hydrogens (primary N) is 1. The molecule has 0 aliphatic heterocycles. The summed E-state index contributed by atoms with van der Waals surface area (Å²) in [6, 6.07) is 12.5. The average Bonchev–Trinajstić information content (AvgIpc) is 2.87. The lowest BCUT2D eigenvalue weighted by Gasteiger charge is -2.21. The molecule has 0 aliphatic carbocycles. The maximum atomic E-state index is 15.4. The van der Waals surface area contributed by atoms with E-state index in [1.54, 1.807) is 0 Å². The molecule has 1 heterocycles. The molecule has 4 aromatic rings. The van der Waals surface area contributed by atoms with Gasteiger partial charge < -0.3 is 10.5 Å². The maximum Gasteiger partial charge on any atom is 0.331 e. The highest BCUT2D eigenvalue weighted by Crippen LogP contribution is 2.29. The van der Waals surface area contributed by atoms with Crippen molar-refractivity contribution >= 4 is 0 Å². The van der Waals surface area contributed by atoms with E-state index in [-0.39, 0.29) is 34.7 Å². The summed E-state index contributed by atoms with van der Waals surface area (Å²) in [5.74, 6) is -2.61. The van der Waals surface area contributed by atoms with Crippen molar-refractivity contribution in [3.05, 3.63) is 121 Å². The third kappa shape index (κ3) is 4.89. The molecule has 0 bridgehead atoms. The molecule has 2 N–H and O–H groups in total. The Kier molecular flexibility index (Phi) is 7.59. The molecule has 1 atom stereocenters. The zero-order chi connectivity index (χ0) is 27.7. The fourth-order valence-corrected chi connectivity index (χ4v) is 4.70. The summed E-state index contributed by atoms with van der Waals surface area (Å²) in [6.07, 6.45) is 0. The number of hydrogen-bond donors (Lipinski definition) is 1. The molecule has 0 aliphatic rings. The van der Waals surface area contributed by atoms with Crippen LogP contribution in [-0.2, 0) is 13.1 Å². The average molecular weight is 524 g/mol. The van der Waals surface area contributed by atoms with Gasteiger partial charge in [0.2, 0.25) is 0 Å². The molecule has 198 valence electrons. The third-order valence-corrected chi connectivity index (χ3v) is 6.72. The topological polar surface area (TPSA) is 79.2 Å². The molecule has 0 fully saturated rings. The van der Waals surface area contributed by atoms with Crippen LogP contribution in [0.15, 0.2) is 64.2 Å². The first-order chi connectivity index (χ1) is 18.0. The Morgan fingerprint density at radius 2 is 1.58 bits per heavy atom. The van der Waals surface area contributed by atoms with Gasteiger partial charge >= 0.3 is 5.69 Å². The van der Waals surface area contributed by atoms with E-state index >= 15 is 4.39 Å². The van der Waals surface area contributed by atoms with E-state index in [4.69, 9.17) is 10.5 Å². The van der Waals surface area contributed by atoms with E-state index in [1.807, 2.05) is 32.0 Å². The molecule has 4 rings (SSSR count). The van der Waals surface area contributed by atoms with Crippen LogP contribution >= 0.6 is 0 Å². The summed E-state index contributed by atoms with van der Waals surface area (Å²) in [5, 5.41) is 0. The van der Waals surface area contributed by atoms with Crippen LogP contribution in [0.3, 0.4) is 0 Å². The van der Waals surface area contributed by atoms with Crippen LogP contribution in [0.1, 0.15) is 34.0 Å². The first kappa shape index (κ1) is 26.9. The number of aryl methyl sites for hydroxylation is 2. The molecule has 0 saturated carbocycles. The predicted molar refractivity (Wildman–Crippen MR) is 140 cm³/mol. The first-order valence-corrected chi connectivity index (χ1v) is 12.0. The van der Waals surface area contributed by atoms with Crippen molar-refractivity contribution < 1.29 is 17.9 Å². The Balaban J connectivity index is 1.97. The molecule has 0 amide bonds. The van der Waals surface area contributed by atoms with E-state index in [0.717, 1.165) is 38.0 Å². The summed E-state index contributed by atoms with van der Waals surface area (Å²) in [7, 11) is 1.29. The normalized spacial score (nSPS) is 12.0. The van der Waals surface area contributed by atoms with E-state index in [2.05, 4.69) is 0 Å². The Morgan fingerprint density at radius 1 is 0.921 bits per heavy atom. The molecule has 0 radical (unpaired) electrons. The standard InChI is InChI=1S/C29H28F3N3O3/c1-16-11-12-19(17(2)13-16)24(33)15-35-28(36)26(20-7-5-10-25(38-4)27(20)32)18(3)34(29(35)37)14-21-22(30)8-6-9-23(21)31/h5-13,24H,14-15,33H2,1-4H3. The molecule has 0 spiro atoms. The van der Waals surface area contributed by atoms with Crippen molar-refractivity contribution in [2.75, 3.05) is 7.11 Å². The van der Waals surface area contributed by atoms with Gasteiger partial charge in [-0.1, -0.05) is 42.0 Å². The van der Waals surface area contributed by atoms with Gasteiger partial charge in [0.25, 0.3) is 5.56 Å². The van der Waals surface area contributed by atoms with E-state index in [0.29, 0.717) is 0 Å². The lowest BCUT2D eigenvalue weighted by molar-refractivity contribution is 0.387. The van der Waals surface area contributed by atoms with Gasteiger partial charge in [-0.25, -0.2) is 18.0 Å². The highest BCUT2D eigenvalue weighted by Gasteiger charge is 2.24. The smallest absolute Gasteiger partial charge is 0.331 e. The SMILES string of the molecule is COc1cccc(-c2c(C)n(Cc3c(F)cccc3F)c(=O)n(CC(N)c3ccc(C)cc3C)c2=O)c1F. The van der Waals surface area contributed by atoms with Gasteiger partial charge in [-0.3, -0.25) is 13.9 Å². The lowest BCUT2D eigenvalue weighted by Crippen LogP contribution is -2.44. The summed E-state index contributed by atoms with van der Waals surface area (Å²) in [5.41, 5.74) is 6.93. The van der Waals surface area contributed by atoms with Crippen LogP contribution in [0.4, 0.5) is 13.2 Å². The van der Waals surface area contributed by atoms with Crippen LogP contribution in [0.5, 0.6) is 5.75 Å². The Labute approximate surface area is 217 Å². The van der Waals surface area contributed by atoms with Crippen molar-refractivity contribution in [1.29, 1.82) is 0 Å². The second-order valence-corrected chi connectivity index (χ2v) is 9.23. The number of halogens is 3. The first-order valence-electron chi connectivity index (χ1n) is 12.0. The van der Waals surface area contributed by atoms with Crippen molar-refractivity contribution in [1.82, 2.24) is 9.13 Å².